The molecular formula is C20H22N6O2. The van der Waals surface area contributed by atoms with E-state index in [9.17, 15) is 4.79 Å². The van der Waals surface area contributed by atoms with Gasteiger partial charge in [-0.15, -0.1) is 0 Å². The number of carbonyl (C=O) groups excluding carboxylic acids is 1. The van der Waals surface area contributed by atoms with E-state index in [2.05, 4.69) is 20.0 Å². The summed E-state index contributed by atoms with van der Waals surface area (Å²) >= 11 is 0. The molecule has 1 saturated heterocycles. The number of benzene rings is 1. The second-order valence-corrected chi connectivity index (χ2v) is 6.66. The molecule has 3 aromatic rings. The average molecular weight is 378 g/mol. The van der Waals surface area contributed by atoms with Crippen molar-refractivity contribution >= 4 is 11.9 Å². The maximum atomic E-state index is 12.7. The minimum Gasteiger partial charge on any atom is -0.378 e. The molecular weight excluding hydrogens is 356 g/mol. The number of para-hydroxylation sites is 1. The van der Waals surface area contributed by atoms with Gasteiger partial charge in [0.05, 0.1) is 30.7 Å². The maximum Gasteiger partial charge on any atom is 0.257 e. The van der Waals surface area contributed by atoms with Gasteiger partial charge in [-0.2, -0.15) is 5.10 Å². The van der Waals surface area contributed by atoms with E-state index in [0.29, 0.717) is 31.3 Å². The van der Waals surface area contributed by atoms with Crippen LogP contribution in [0.25, 0.3) is 5.69 Å². The Morgan fingerprint density at radius 1 is 1.11 bits per heavy atom. The molecule has 0 atom stereocenters. The van der Waals surface area contributed by atoms with Gasteiger partial charge in [-0.1, -0.05) is 18.2 Å². The lowest BCUT2D eigenvalue weighted by atomic mass is 10.2. The number of ether oxygens (including phenoxy) is 1. The highest BCUT2D eigenvalue weighted by molar-refractivity contribution is 5.93. The van der Waals surface area contributed by atoms with Crippen molar-refractivity contribution in [1.82, 2.24) is 24.6 Å². The Balaban J connectivity index is 1.40. The summed E-state index contributed by atoms with van der Waals surface area (Å²) in [5.41, 5.74) is 2.40. The van der Waals surface area contributed by atoms with Crippen molar-refractivity contribution in [2.24, 2.45) is 0 Å². The molecule has 8 nitrogen and oxygen atoms in total. The quantitative estimate of drug-likeness (QED) is 0.674. The van der Waals surface area contributed by atoms with Gasteiger partial charge in [-0.05, 0) is 12.1 Å². The van der Waals surface area contributed by atoms with Gasteiger partial charge in [0.2, 0.25) is 5.95 Å². The third-order valence-corrected chi connectivity index (χ3v) is 4.60. The van der Waals surface area contributed by atoms with Crippen LogP contribution in [0.4, 0.5) is 5.95 Å². The van der Waals surface area contributed by atoms with Crippen LogP contribution in [0.15, 0.2) is 55.1 Å². The van der Waals surface area contributed by atoms with Gasteiger partial charge in [-0.3, -0.25) is 4.79 Å². The van der Waals surface area contributed by atoms with Crippen LogP contribution in [0.2, 0.25) is 0 Å². The van der Waals surface area contributed by atoms with E-state index in [1.54, 1.807) is 35.2 Å². The molecule has 0 N–H and O–H groups in total. The SMILES string of the molecule is CN(Cc1cnn(-c2ccccc2)c1)C(=O)c1cnc(N2CCOCC2)nc1. The highest BCUT2D eigenvalue weighted by atomic mass is 16.5. The van der Waals surface area contributed by atoms with E-state index >= 15 is 0 Å². The van der Waals surface area contributed by atoms with Crippen LogP contribution < -0.4 is 4.90 Å². The molecule has 1 amide bonds. The first-order chi connectivity index (χ1) is 13.7. The molecule has 0 bridgehead atoms. The zero-order valence-electron chi connectivity index (χ0n) is 15.7. The summed E-state index contributed by atoms with van der Waals surface area (Å²) in [7, 11) is 1.76. The fourth-order valence-corrected chi connectivity index (χ4v) is 3.09. The van der Waals surface area contributed by atoms with Gasteiger partial charge in [0.1, 0.15) is 0 Å². The number of amides is 1. The van der Waals surface area contributed by atoms with E-state index in [-0.39, 0.29) is 5.91 Å². The average Bonchev–Trinajstić information content (AvgIpc) is 3.23. The first-order valence-electron chi connectivity index (χ1n) is 9.20. The molecule has 144 valence electrons. The van der Waals surface area contributed by atoms with Crippen molar-refractivity contribution in [1.29, 1.82) is 0 Å². The molecule has 0 saturated carbocycles. The summed E-state index contributed by atoms with van der Waals surface area (Å²) in [4.78, 5) is 25.1. The molecule has 0 radical (unpaired) electrons. The summed E-state index contributed by atoms with van der Waals surface area (Å²) in [6.07, 6.45) is 6.87. The fraction of sp³-hybridized carbons (Fsp3) is 0.300. The Morgan fingerprint density at radius 3 is 2.54 bits per heavy atom. The van der Waals surface area contributed by atoms with Gasteiger partial charge in [0, 0.05) is 50.8 Å². The van der Waals surface area contributed by atoms with Crippen LogP contribution in [0, 0.1) is 0 Å². The van der Waals surface area contributed by atoms with Crippen LogP contribution in [0.1, 0.15) is 15.9 Å². The standard InChI is InChI=1S/C20H22N6O2/c1-24(14-16-11-23-26(15-16)18-5-3-2-4-6-18)19(27)17-12-21-20(22-13-17)25-7-9-28-10-8-25/h2-6,11-13,15H,7-10,14H2,1H3. The van der Waals surface area contributed by atoms with Gasteiger partial charge >= 0.3 is 0 Å². The topological polar surface area (TPSA) is 76.4 Å². The summed E-state index contributed by atoms with van der Waals surface area (Å²) < 4.78 is 7.14. The molecule has 8 heteroatoms. The number of hydrogen-bond donors (Lipinski definition) is 0. The van der Waals surface area contributed by atoms with Crippen molar-refractivity contribution in [3.63, 3.8) is 0 Å². The van der Waals surface area contributed by atoms with Crippen molar-refractivity contribution in [3.8, 4) is 5.69 Å². The van der Waals surface area contributed by atoms with Crippen LogP contribution in [0.3, 0.4) is 0 Å². The molecule has 0 aliphatic carbocycles. The number of hydrogen-bond acceptors (Lipinski definition) is 6. The molecule has 3 heterocycles. The van der Waals surface area contributed by atoms with Crippen LogP contribution >= 0.6 is 0 Å². The third-order valence-electron chi connectivity index (χ3n) is 4.60. The molecule has 1 aromatic carbocycles. The minimum absolute atomic E-state index is 0.124. The number of carbonyl (C=O) groups is 1. The molecule has 1 fully saturated rings. The molecule has 1 aliphatic heterocycles. The molecule has 4 rings (SSSR count). The van der Waals surface area contributed by atoms with Gasteiger partial charge in [-0.25, -0.2) is 14.6 Å². The van der Waals surface area contributed by atoms with Crippen molar-refractivity contribution in [3.05, 3.63) is 66.2 Å². The molecule has 28 heavy (non-hydrogen) atoms. The van der Waals surface area contributed by atoms with E-state index < -0.39 is 0 Å². The van der Waals surface area contributed by atoms with Gasteiger partial charge < -0.3 is 14.5 Å². The van der Waals surface area contributed by atoms with Gasteiger partial charge in [0.25, 0.3) is 5.91 Å². The Labute approximate surface area is 163 Å². The summed E-state index contributed by atoms with van der Waals surface area (Å²) in [5, 5.41) is 4.37. The first-order valence-corrected chi connectivity index (χ1v) is 9.20. The predicted octanol–water partition coefficient (Wildman–Crippen LogP) is 1.77. The smallest absolute Gasteiger partial charge is 0.257 e. The number of anilines is 1. The van der Waals surface area contributed by atoms with Crippen molar-refractivity contribution in [2.45, 2.75) is 6.54 Å². The monoisotopic (exact) mass is 378 g/mol. The lowest BCUT2D eigenvalue weighted by molar-refractivity contribution is 0.0784. The number of aromatic nitrogens is 4. The first kappa shape index (κ1) is 18.1. The van der Waals surface area contributed by atoms with Crippen molar-refractivity contribution < 1.29 is 9.53 Å². The molecule has 0 unspecified atom stereocenters. The Morgan fingerprint density at radius 2 is 1.82 bits per heavy atom. The van der Waals surface area contributed by atoms with Crippen molar-refractivity contribution in [2.75, 3.05) is 38.3 Å². The van der Waals surface area contributed by atoms with Crippen LogP contribution in [-0.4, -0.2) is 63.9 Å². The Bertz CT molecular complexity index is 919. The zero-order chi connectivity index (χ0) is 19.3. The minimum atomic E-state index is -0.124. The second-order valence-electron chi connectivity index (χ2n) is 6.66. The van der Waals surface area contributed by atoms with Crippen LogP contribution in [0.5, 0.6) is 0 Å². The van der Waals surface area contributed by atoms with E-state index in [1.807, 2.05) is 36.5 Å². The zero-order valence-corrected chi connectivity index (χ0v) is 15.7. The van der Waals surface area contributed by atoms with Crippen LogP contribution in [-0.2, 0) is 11.3 Å². The van der Waals surface area contributed by atoms with E-state index in [0.717, 1.165) is 24.3 Å². The van der Waals surface area contributed by atoms with Gasteiger partial charge in [0.15, 0.2) is 0 Å². The molecule has 1 aliphatic rings. The largest absolute Gasteiger partial charge is 0.378 e. The number of morpholine rings is 1. The van der Waals surface area contributed by atoms with E-state index in [1.165, 1.54) is 0 Å². The Hall–Kier alpha value is -3.26. The summed E-state index contributed by atoms with van der Waals surface area (Å²) in [6, 6.07) is 9.87. The Kier molecular flexibility index (Phi) is 5.29. The lowest BCUT2D eigenvalue weighted by Crippen LogP contribution is -2.37. The maximum absolute atomic E-state index is 12.7. The second kappa shape index (κ2) is 8.18. The summed E-state index contributed by atoms with van der Waals surface area (Å²) in [5.74, 6) is 0.507. The number of rotatable bonds is 5. The highest BCUT2D eigenvalue weighted by Crippen LogP contribution is 2.13. The molecule has 2 aromatic heterocycles. The normalized spacial score (nSPS) is 14.1. The highest BCUT2D eigenvalue weighted by Gasteiger charge is 2.17. The predicted molar refractivity (Wildman–Crippen MR) is 104 cm³/mol. The third kappa shape index (κ3) is 4.01. The lowest BCUT2D eigenvalue weighted by Gasteiger charge is -2.26. The fourth-order valence-electron chi connectivity index (χ4n) is 3.09. The number of nitrogens with zero attached hydrogens (tertiary/aromatic N) is 6. The summed E-state index contributed by atoms with van der Waals surface area (Å²) in [6.45, 7) is 3.32. The van der Waals surface area contributed by atoms with E-state index in [4.69, 9.17) is 4.74 Å². The molecule has 0 spiro atoms.